The molecule has 4 N–H and O–H groups in total. The highest BCUT2D eigenvalue weighted by Crippen LogP contribution is 2.35. The monoisotopic (exact) mass is 407 g/mol. The molecule has 2 atom stereocenters. The zero-order valence-corrected chi connectivity index (χ0v) is 16.5. The van der Waals surface area contributed by atoms with Gasteiger partial charge in [0.25, 0.3) is 0 Å². The van der Waals surface area contributed by atoms with E-state index >= 15 is 0 Å². The highest BCUT2D eigenvalue weighted by molar-refractivity contribution is 7.83. The van der Waals surface area contributed by atoms with Crippen molar-refractivity contribution in [2.45, 2.75) is 32.1 Å². The van der Waals surface area contributed by atoms with Crippen LogP contribution in [0.25, 0.3) is 16.8 Å². The highest BCUT2D eigenvalue weighted by atomic mass is 32.2. The van der Waals surface area contributed by atoms with Gasteiger partial charge in [0.05, 0.1) is 11.7 Å². The Hall–Kier alpha value is -2.08. The van der Waals surface area contributed by atoms with E-state index in [1.807, 2.05) is 17.4 Å². The molecular weight excluding hydrogens is 382 g/mol. The van der Waals surface area contributed by atoms with Gasteiger partial charge < -0.3 is 10.7 Å². The van der Waals surface area contributed by atoms with Crippen LogP contribution in [0.2, 0.25) is 0 Å². The lowest BCUT2D eigenvalue weighted by atomic mass is 9.93. The Balaban J connectivity index is 0.000000336. The first kappa shape index (κ1) is 19.2. The van der Waals surface area contributed by atoms with Gasteiger partial charge in [0.2, 0.25) is 0 Å². The molecule has 0 aromatic carbocycles. The molecule has 4 heterocycles. The highest BCUT2D eigenvalue weighted by Gasteiger charge is 2.40. The fourth-order valence-corrected chi connectivity index (χ4v) is 4.45. The summed E-state index contributed by atoms with van der Waals surface area (Å²) in [6.07, 6.45) is 6.98. The van der Waals surface area contributed by atoms with E-state index in [2.05, 4.69) is 20.2 Å². The smallest absolute Gasteiger partial charge is 0.335 e. The molecule has 152 valence electrons. The van der Waals surface area contributed by atoms with Gasteiger partial charge in [-0.3, -0.25) is 8.95 Å². The van der Waals surface area contributed by atoms with Gasteiger partial charge in [-0.1, -0.05) is 13.3 Å². The van der Waals surface area contributed by atoms with Crippen molar-refractivity contribution >= 4 is 27.1 Å². The van der Waals surface area contributed by atoms with Gasteiger partial charge in [0.1, 0.15) is 5.82 Å². The number of rotatable bonds is 4. The van der Waals surface area contributed by atoms with Gasteiger partial charge in [0.15, 0.2) is 11.3 Å². The zero-order chi connectivity index (χ0) is 19.9. The molecule has 11 heteroatoms. The summed E-state index contributed by atoms with van der Waals surface area (Å²) in [5.74, 6) is 1.56. The Morgan fingerprint density at radius 2 is 2.11 bits per heavy atom. The summed E-state index contributed by atoms with van der Waals surface area (Å²) in [4.78, 5) is 7.32. The third-order valence-corrected chi connectivity index (χ3v) is 6.54. The first-order valence-corrected chi connectivity index (χ1v) is 10.9. The van der Waals surface area contributed by atoms with Crippen molar-refractivity contribution in [3.05, 3.63) is 24.3 Å². The Morgan fingerprint density at radius 3 is 2.71 bits per heavy atom. The predicted molar refractivity (Wildman–Crippen MR) is 104 cm³/mol. The van der Waals surface area contributed by atoms with E-state index in [0.29, 0.717) is 11.5 Å². The van der Waals surface area contributed by atoms with Crippen molar-refractivity contribution in [3.63, 3.8) is 0 Å². The zero-order valence-electron chi connectivity index (χ0n) is 15.7. The number of aromatic nitrogens is 5. The molecule has 10 nitrogen and oxygen atoms in total. The second-order valence-electron chi connectivity index (χ2n) is 7.47. The van der Waals surface area contributed by atoms with Crippen molar-refractivity contribution in [3.8, 4) is 0 Å². The number of nitrogens with one attached hydrogen (secondary N) is 1. The number of fused-ring (bicyclic) bond motifs is 3. The Kier molecular flexibility index (Phi) is 5.08. The quantitative estimate of drug-likeness (QED) is 0.551. The average molecular weight is 408 g/mol. The first-order chi connectivity index (χ1) is 13.4. The maximum Gasteiger partial charge on any atom is 0.335 e. The van der Waals surface area contributed by atoms with Crippen molar-refractivity contribution in [1.82, 2.24) is 28.9 Å². The van der Waals surface area contributed by atoms with E-state index in [0.717, 1.165) is 34.4 Å². The summed E-state index contributed by atoms with van der Waals surface area (Å²) >= 11 is 0. The first-order valence-electron chi connectivity index (χ1n) is 9.52. The Bertz CT molecular complexity index is 1070. The molecule has 2 aliphatic rings. The lowest BCUT2D eigenvalue weighted by Gasteiger charge is -2.14. The van der Waals surface area contributed by atoms with Gasteiger partial charge in [-0.2, -0.15) is 12.7 Å². The van der Waals surface area contributed by atoms with E-state index in [1.54, 1.807) is 12.4 Å². The minimum atomic E-state index is -4.20. The summed E-state index contributed by atoms with van der Waals surface area (Å²) in [7, 11) is -4.20. The minimum absolute atomic E-state index is 0.0754. The van der Waals surface area contributed by atoms with Crippen LogP contribution in [0, 0.1) is 11.8 Å². The van der Waals surface area contributed by atoms with Crippen LogP contribution < -0.4 is 5.73 Å². The second kappa shape index (κ2) is 7.39. The van der Waals surface area contributed by atoms with E-state index in [4.69, 9.17) is 5.73 Å². The molecule has 28 heavy (non-hydrogen) atoms. The van der Waals surface area contributed by atoms with Crippen LogP contribution in [0.4, 0.5) is 0 Å². The lowest BCUT2D eigenvalue weighted by molar-refractivity contribution is 0.380. The maximum absolute atomic E-state index is 11.5. The third-order valence-electron chi connectivity index (χ3n) is 5.59. The van der Waals surface area contributed by atoms with Gasteiger partial charge >= 0.3 is 10.3 Å². The van der Waals surface area contributed by atoms with Crippen LogP contribution in [-0.2, 0) is 10.3 Å². The molecule has 0 amide bonds. The summed E-state index contributed by atoms with van der Waals surface area (Å²) < 4.78 is 35.3. The Morgan fingerprint density at radius 1 is 1.32 bits per heavy atom. The fourth-order valence-electron chi connectivity index (χ4n) is 3.72. The Labute approximate surface area is 163 Å². The summed E-state index contributed by atoms with van der Waals surface area (Å²) in [5.41, 5.74) is 7.42. The normalized spacial score (nSPS) is 23.2. The SMILES string of the molecule is CC[C@H]1CN(S(=O)(=O)O)C[C@H]1c1nnc2cnc3[nH]ccc3n12.NCC1CC1. The van der Waals surface area contributed by atoms with E-state index in [1.165, 1.54) is 12.8 Å². The van der Waals surface area contributed by atoms with Crippen molar-refractivity contribution in [1.29, 1.82) is 0 Å². The van der Waals surface area contributed by atoms with Crippen LogP contribution >= 0.6 is 0 Å². The van der Waals surface area contributed by atoms with Crippen LogP contribution in [0.1, 0.15) is 37.9 Å². The number of H-pyrrole nitrogens is 1. The van der Waals surface area contributed by atoms with Crippen LogP contribution in [0.15, 0.2) is 18.5 Å². The molecule has 2 fully saturated rings. The molecule has 3 aromatic heterocycles. The topological polar surface area (TPSA) is 142 Å². The third kappa shape index (κ3) is 3.62. The molecular formula is C17H25N7O3S. The molecule has 1 aliphatic carbocycles. The minimum Gasteiger partial charge on any atom is -0.345 e. The van der Waals surface area contributed by atoms with Gasteiger partial charge in [-0.15, -0.1) is 10.2 Å². The summed E-state index contributed by atoms with van der Waals surface area (Å²) in [6.45, 7) is 3.41. The number of nitrogens with zero attached hydrogens (tertiary/aromatic N) is 5. The molecule has 0 bridgehead atoms. The molecule has 0 radical (unpaired) electrons. The number of aromatic amines is 1. The lowest BCUT2D eigenvalue weighted by Crippen LogP contribution is -2.28. The molecule has 5 rings (SSSR count). The van der Waals surface area contributed by atoms with E-state index in [9.17, 15) is 13.0 Å². The standard InChI is InChI=1S/C13H16N6O3S.C4H9N/c1-2-8-6-18(23(20,21)22)7-9(8)13-17-16-11-5-15-12-10(19(11)13)3-4-14-12;5-3-4-1-2-4/h3-5,8-9,14H,2,6-7H2,1H3,(H,20,21,22);4H,1-3,5H2/t8-,9+;/m0./s1. The molecule has 1 aliphatic heterocycles. The van der Waals surface area contributed by atoms with E-state index < -0.39 is 10.3 Å². The van der Waals surface area contributed by atoms with Crippen molar-refractivity contribution in [2.24, 2.45) is 17.6 Å². The number of hydrogen-bond donors (Lipinski definition) is 3. The van der Waals surface area contributed by atoms with Crippen molar-refractivity contribution < 1.29 is 13.0 Å². The maximum atomic E-state index is 11.5. The van der Waals surface area contributed by atoms with Crippen LogP contribution in [0.5, 0.6) is 0 Å². The summed E-state index contributed by atoms with van der Waals surface area (Å²) in [6, 6.07) is 1.89. The van der Waals surface area contributed by atoms with Gasteiger partial charge in [0, 0.05) is 25.2 Å². The average Bonchev–Trinajstić information content (AvgIpc) is 3.07. The summed E-state index contributed by atoms with van der Waals surface area (Å²) in [5, 5.41) is 8.43. The van der Waals surface area contributed by atoms with Crippen LogP contribution in [-0.4, -0.2) is 61.5 Å². The largest absolute Gasteiger partial charge is 0.345 e. The molecule has 1 saturated heterocycles. The number of nitrogens with two attached hydrogens (primary N) is 1. The molecule has 3 aromatic rings. The second-order valence-corrected chi connectivity index (χ2v) is 8.88. The molecule has 1 saturated carbocycles. The van der Waals surface area contributed by atoms with Gasteiger partial charge in [-0.05, 0) is 37.3 Å². The van der Waals surface area contributed by atoms with Crippen LogP contribution in [0.3, 0.4) is 0 Å². The number of hydrogen-bond acceptors (Lipinski definition) is 6. The molecule has 0 unspecified atom stereocenters. The fraction of sp³-hybridized carbons (Fsp3) is 0.588. The van der Waals surface area contributed by atoms with Gasteiger partial charge in [-0.25, -0.2) is 4.98 Å². The van der Waals surface area contributed by atoms with E-state index in [-0.39, 0.29) is 24.9 Å². The predicted octanol–water partition coefficient (Wildman–Crippen LogP) is 1.19. The molecule has 0 spiro atoms. The van der Waals surface area contributed by atoms with Crippen molar-refractivity contribution in [2.75, 3.05) is 19.6 Å².